The molecule has 1 amide bonds. The van der Waals surface area contributed by atoms with Crippen LogP contribution in [-0.2, 0) is 4.79 Å². The molecule has 1 fully saturated rings. The Kier molecular flexibility index (Phi) is 3.91. The van der Waals surface area contributed by atoms with Gasteiger partial charge in [-0.15, -0.1) is 0 Å². The molecule has 1 aliphatic heterocycles. The second-order valence-corrected chi connectivity index (χ2v) is 5.40. The van der Waals surface area contributed by atoms with Crippen molar-refractivity contribution in [3.63, 3.8) is 0 Å². The van der Waals surface area contributed by atoms with E-state index in [4.69, 9.17) is 12.2 Å². The maximum absolute atomic E-state index is 12.2. The molecule has 1 aliphatic rings. The number of aromatic hydroxyl groups is 1. The number of halogens is 1. The number of hydrogen-bond acceptors (Lipinski definition) is 3. The third-order valence-electron chi connectivity index (χ3n) is 2.94. The van der Waals surface area contributed by atoms with Gasteiger partial charge in [-0.05, 0) is 43.4 Å². The van der Waals surface area contributed by atoms with Gasteiger partial charge in [-0.25, -0.2) is 0 Å². The van der Waals surface area contributed by atoms with Gasteiger partial charge < -0.3 is 10.0 Å². The molecular formula is C13H13BrN2O2S. The van der Waals surface area contributed by atoms with Crippen molar-refractivity contribution in [2.24, 2.45) is 0 Å². The fourth-order valence-electron chi connectivity index (χ4n) is 1.88. The maximum atomic E-state index is 12.2. The van der Waals surface area contributed by atoms with Gasteiger partial charge in [0.15, 0.2) is 5.11 Å². The third kappa shape index (κ3) is 2.50. The first kappa shape index (κ1) is 14.0. The lowest BCUT2D eigenvalue weighted by Gasteiger charge is -2.13. The Hall–Kier alpha value is -1.40. The van der Waals surface area contributed by atoms with Crippen LogP contribution < -0.4 is 0 Å². The number of nitrogens with zero attached hydrogens (tertiary/aromatic N) is 2. The van der Waals surface area contributed by atoms with E-state index < -0.39 is 0 Å². The summed E-state index contributed by atoms with van der Waals surface area (Å²) in [6.45, 7) is 2.40. The van der Waals surface area contributed by atoms with Crippen molar-refractivity contribution < 1.29 is 9.90 Å². The number of amides is 1. The topological polar surface area (TPSA) is 43.8 Å². The lowest BCUT2D eigenvalue weighted by atomic mass is 10.1. The molecule has 0 spiro atoms. The van der Waals surface area contributed by atoms with Crippen molar-refractivity contribution in [2.75, 3.05) is 13.6 Å². The Morgan fingerprint density at radius 1 is 1.47 bits per heavy atom. The summed E-state index contributed by atoms with van der Waals surface area (Å²) >= 11 is 8.55. The summed E-state index contributed by atoms with van der Waals surface area (Å²) in [7, 11) is 1.75. The first-order chi connectivity index (χ1) is 8.95. The highest BCUT2D eigenvalue weighted by atomic mass is 79.9. The van der Waals surface area contributed by atoms with E-state index in [1.54, 1.807) is 36.2 Å². The van der Waals surface area contributed by atoms with E-state index in [9.17, 15) is 9.90 Å². The van der Waals surface area contributed by atoms with Crippen molar-refractivity contribution in [2.45, 2.75) is 6.92 Å². The quantitative estimate of drug-likeness (QED) is 0.663. The highest BCUT2D eigenvalue weighted by Gasteiger charge is 2.34. The second kappa shape index (κ2) is 5.30. The number of likely N-dealkylation sites (N-methyl/N-ethyl adjacent to an activating group) is 2. The van der Waals surface area contributed by atoms with Gasteiger partial charge in [0.25, 0.3) is 5.91 Å². The molecule has 0 unspecified atom stereocenters. The fourth-order valence-corrected chi connectivity index (χ4v) is 2.57. The van der Waals surface area contributed by atoms with Crippen LogP contribution in [0.5, 0.6) is 5.75 Å². The van der Waals surface area contributed by atoms with Gasteiger partial charge in [-0.3, -0.25) is 9.69 Å². The molecule has 1 saturated heterocycles. The van der Waals surface area contributed by atoms with Gasteiger partial charge in [0.05, 0.1) is 0 Å². The monoisotopic (exact) mass is 340 g/mol. The van der Waals surface area contributed by atoms with Crippen molar-refractivity contribution in [3.8, 4) is 5.75 Å². The molecule has 0 aliphatic carbocycles. The number of carbonyl (C=O) groups excluding carboxylic acids is 1. The van der Waals surface area contributed by atoms with Crippen LogP contribution in [0, 0.1) is 0 Å². The van der Waals surface area contributed by atoms with Crippen LogP contribution in [0.1, 0.15) is 12.5 Å². The molecule has 4 nitrogen and oxygen atoms in total. The second-order valence-electron chi connectivity index (χ2n) is 4.12. The fraction of sp³-hybridized carbons (Fsp3) is 0.231. The summed E-state index contributed by atoms with van der Waals surface area (Å²) in [5, 5.41) is 10.3. The Bertz CT molecular complexity index is 586. The Morgan fingerprint density at radius 3 is 2.74 bits per heavy atom. The average molecular weight is 341 g/mol. The van der Waals surface area contributed by atoms with Gasteiger partial charge in [0.1, 0.15) is 11.4 Å². The predicted octanol–water partition coefficient (Wildman–Crippen LogP) is 2.57. The van der Waals surface area contributed by atoms with Crippen LogP contribution in [-0.4, -0.2) is 39.5 Å². The molecule has 1 aromatic carbocycles. The molecule has 100 valence electrons. The molecule has 6 heteroatoms. The third-order valence-corrected chi connectivity index (χ3v) is 3.93. The summed E-state index contributed by atoms with van der Waals surface area (Å²) in [4.78, 5) is 15.4. The zero-order valence-electron chi connectivity index (χ0n) is 10.6. The zero-order chi connectivity index (χ0) is 14.2. The predicted molar refractivity (Wildman–Crippen MR) is 81.5 cm³/mol. The Balaban J connectivity index is 2.46. The van der Waals surface area contributed by atoms with E-state index in [0.717, 1.165) is 4.47 Å². The number of hydrogen-bond donors (Lipinski definition) is 1. The lowest BCUT2D eigenvalue weighted by Crippen LogP contribution is -2.30. The minimum absolute atomic E-state index is 0.123. The molecule has 0 saturated carbocycles. The SMILES string of the molecule is CCN1C(=O)/C(=C\c2cc(Br)ccc2O)N(C)C1=S. The molecule has 1 heterocycles. The summed E-state index contributed by atoms with van der Waals surface area (Å²) in [6.07, 6.45) is 1.64. The maximum Gasteiger partial charge on any atom is 0.276 e. The van der Waals surface area contributed by atoms with Crippen LogP contribution in [0.4, 0.5) is 0 Å². The smallest absolute Gasteiger partial charge is 0.276 e. The number of thiocarbonyl (C=S) groups is 1. The Labute approximate surface area is 125 Å². The first-order valence-electron chi connectivity index (χ1n) is 5.75. The summed E-state index contributed by atoms with van der Waals surface area (Å²) in [5.41, 5.74) is 1.03. The van der Waals surface area contributed by atoms with Crippen molar-refractivity contribution in [3.05, 3.63) is 33.9 Å². The number of phenols is 1. The molecule has 1 N–H and O–H groups in total. The molecule has 0 atom stereocenters. The summed E-state index contributed by atoms with van der Waals surface area (Å²) in [6, 6.07) is 5.06. The van der Waals surface area contributed by atoms with Gasteiger partial charge in [0.2, 0.25) is 0 Å². The molecule has 1 aromatic rings. The van der Waals surface area contributed by atoms with Crippen LogP contribution in [0.2, 0.25) is 0 Å². The van der Waals surface area contributed by atoms with Crippen LogP contribution in [0.25, 0.3) is 6.08 Å². The molecule has 19 heavy (non-hydrogen) atoms. The molecule has 2 rings (SSSR count). The van der Waals surface area contributed by atoms with E-state index in [-0.39, 0.29) is 11.7 Å². The van der Waals surface area contributed by atoms with E-state index in [2.05, 4.69) is 15.9 Å². The largest absolute Gasteiger partial charge is 0.507 e. The minimum atomic E-state index is -0.144. The van der Waals surface area contributed by atoms with Crippen molar-refractivity contribution in [1.82, 2.24) is 9.80 Å². The van der Waals surface area contributed by atoms with E-state index in [1.165, 1.54) is 4.90 Å². The lowest BCUT2D eigenvalue weighted by molar-refractivity contribution is -0.122. The normalized spacial score (nSPS) is 17.7. The first-order valence-corrected chi connectivity index (χ1v) is 6.95. The van der Waals surface area contributed by atoms with Gasteiger partial charge in [-0.2, -0.15) is 0 Å². The average Bonchev–Trinajstić information content (AvgIpc) is 2.57. The summed E-state index contributed by atoms with van der Waals surface area (Å²) < 4.78 is 0.833. The molecular weight excluding hydrogens is 328 g/mol. The van der Waals surface area contributed by atoms with E-state index >= 15 is 0 Å². The molecule has 0 radical (unpaired) electrons. The van der Waals surface area contributed by atoms with E-state index in [1.807, 2.05) is 6.92 Å². The summed E-state index contributed by atoms with van der Waals surface area (Å²) in [5.74, 6) is -0.0212. The Morgan fingerprint density at radius 2 is 2.16 bits per heavy atom. The number of rotatable bonds is 2. The van der Waals surface area contributed by atoms with Gasteiger partial charge in [0, 0.05) is 23.6 Å². The minimum Gasteiger partial charge on any atom is -0.507 e. The molecule has 0 aromatic heterocycles. The van der Waals surface area contributed by atoms with Crippen LogP contribution in [0.3, 0.4) is 0 Å². The zero-order valence-corrected chi connectivity index (χ0v) is 13.0. The molecule has 0 bridgehead atoms. The van der Waals surface area contributed by atoms with Crippen LogP contribution in [0.15, 0.2) is 28.4 Å². The van der Waals surface area contributed by atoms with Crippen molar-refractivity contribution >= 4 is 45.2 Å². The van der Waals surface area contributed by atoms with Crippen molar-refractivity contribution in [1.29, 1.82) is 0 Å². The number of benzene rings is 1. The highest BCUT2D eigenvalue weighted by molar-refractivity contribution is 9.10. The van der Waals surface area contributed by atoms with Gasteiger partial charge >= 0.3 is 0 Å². The number of carbonyl (C=O) groups is 1. The van der Waals surface area contributed by atoms with Crippen LogP contribution >= 0.6 is 28.1 Å². The van der Waals surface area contributed by atoms with E-state index in [0.29, 0.717) is 22.9 Å². The van der Waals surface area contributed by atoms with Gasteiger partial charge in [-0.1, -0.05) is 15.9 Å². The number of phenolic OH excluding ortho intramolecular Hbond substituents is 1. The standard InChI is InChI=1S/C13H13BrN2O2S/c1-3-16-12(18)10(15(2)13(16)19)7-8-6-9(14)4-5-11(8)17/h4-7,17H,3H2,1-2H3/b10-7+. The highest BCUT2D eigenvalue weighted by Crippen LogP contribution is 2.27.